The van der Waals surface area contributed by atoms with E-state index < -0.39 is 5.41 Å². The van der Waals surface area contributed by atoms with Crippen LogP contribution in [0.3, 0.4) is 0 Å². The number of carbonyl (C=O) groups is 2. The molecule has 26 heavy (non-hydrogen) atoms. The Morgan fingerprint density at radius 1 is 1.19 bits per heavy atom. The van der Waals surface area contributed by atoms with Crippen molar-refractivity contribution in [1.29, 1.82) is 0 Å². The normalized spacial score (nSPS) is 22.2. The molecule has 1 aliphatic carbocycles. The van der Waals surface area contributed by atoms with Crippen LogP contribution in [-0.4, -0.2) is 35.2 Å². The van der Waals surface area contributed by atoms with Crippen LogP contribution in [0.25, 0.3) is 0 Å². The largest absolute Gasteiger partial charge is 0.341 e. The number of hydrogen-bond donors (Lipinski definition) is 0. The Hall–Kier alpha value is -2.20. The van der Waals surface area contributed by atoms with Gasteiger partial charge in [0.1, 0.15) is 5.15 Å². The number of likely N-dealkylation sites (N-methyl/N-ethyl adjacent to an activating group) is 1. The molecule has 1 aromatic carbocycles. The van der Waals surface area contributed by atoms with E-state index in [1.165, 1.54) is 0 Å². The number of benzene rings is 1. The first-order valence-electron chi connectivity index (χ1n) is 8.91. The second-order valence-corrected chi connectivity index (χ2v) is 7.98. The number of amides is 1. The zero-order valence-corrected chi connectivity index (χ0v) is 16.0. The minimum atomic E-state index is -0.654. The molecule has 1 aliphatic heterocycles. The quantitative estimate of drug-likeness (QED) is 0.720. The summed E-state index contributed by atoms with van der Waals surface area (Å²) in [6.07, 6.45) is 2.21. The van der Waals surface area contributed by atoms with Gasteiger partial charge in [0.25, 0.3) is 5.91 Å². The molecule has 1 atom stereocenters. The Morgan fingerprint density at radius 3 is 2.73 bits per heavy atom. The fourth-order valence-electron chi connectivity index (χ4n) is 4.15. The molecule has 0 saturated carbocycles. The van der Waals surface area contributed by atoms with Gasteiger partial charge in [-0.05, 0) is 61.9 Å². The lowest BCUT2D eigenvalue weighted by molar-refractivity contribution is 0.0778. The minimum Gasteiger partial charge on any atom is -0.341 e. The number of Topliss-reactive ketones (excluding diaryl/α,β-unsaturated/α-hetero) is 1. The van der Waals surface area contributed by atoms with Crippen molar-refractivity contribution in [3.05, 3.63) is 62.9 Å². The van der Waals surface area contributed by atoms with Gasteiger partial charge in [0.15, 0.2) is 5.78 Å². The van der Waals surface area contributed by atoms with E-state index in [0.29, 0.717) is 23.6 Å². The van der Waals surface area contributed by atoms with Crippen LogP contribution < -0.4 is 0 Å². The van der Waals surface area contributed by atoms with Crippen LogP contribution in [0, 0.1) is 6.92 Å². The molecule has 0 N–H and O–H groups in total. The van der Waals surface area contributed by atoms with Crippen molar-refractivity contribution >= 4 is 23.3 Å². The zero-order chi connectivity index (χ0) is 18.6. The first-order chi connectivity index (χ1) is 12.3. The number of hydrogen-bond acceptors (Lipinski definition) is 3. The molecule has 1 unspecified atom stereocenters. The summed E-state index contributed by atoms with van der Waals surface area (Å²) < 4.78 is 0. The summed E-state index contributed by atoms with van der Waals surface area (Å²) in [6, 6.07) is 7.69. The SMILES string of the molecule is Cc1cc(Cl)nc2c1C(=O)C(C)(c1ccc3c(c1)C(=O)N(C)CC3)CC2. The lowest BCUT2D eigenvalue weighted by Gasteiger charge is -2.35. The van der Waals surface area contributed by atoms with Crippen LogP contribution in [0.5, 0.6) is 0 Å². The molecule has 134 valence electrons. The Labute approximate surface area is 158 Å². The molecular weight excluding hydrogens is 348 g/mol. The summed E-state index contributed by atoms with van der Waals surface area (Å²) >= 11 is 6.06. The van der Waals surface area contributed by atoms with Gasteiger partial charge in [0.05, 0.1) is 11.1 Å². The highest BCUT2D eigenvalue weighted by Crippen LogP contribution is 2.40. The van der Waals surface area contributed by atoms with E-state index >= 15 is 0 Å². The Morgan fingerprint density at radius 2 is 1.96 bits per heavy atom. The van der Waals surface area contributed by atoms with E-state index in [2.05, 4.69) is 4.98 Å². The molecule has 0 radical (unpaired) electrons. The van der Waals surface area contributed by atoms with Crippen LogP contribution in [-0.2, 0) is 18.3 Å². The van der Waals surface area contributed by atoms with E-state index in [-0.39, 0.29) is 11.7 Å². The molecule has 4 nitrogen and oxygen atoms in total. The first kappa shape index (κ1) is 17.2. The summed E-state index contributed by atoms with van der Waals surface area (Å²) in [6.45, 7) is 4.62. The molecule has 0 fully saturated rings. The average Bonchev–Trinajstić information content (AvgIpc) is 2.61. The van der Waals surface area contributed by atoms with E-state index in [1.54, 1.807) is 11.0 Å². The molecular formula is C21H21ClN2O2. The molecule has 0 spiro atoms. The van der Waals surface area contributed by atoms with Gasteiger partial charge in [-0.2, -0.15) is 0 Å². The van der Waals surface area contributed by atoms with Crippen molar-refractivity contribution in [2.75, 3.05) is 13.6 Å². The average molecular weight is 369 g/mol. The third-order valence-corrected chi connectivity index (χ3v) is 6.08. The maximum atomic E-state index is 13.4. The van der Waals surface area contributed by atoms with Crippen LogP contribution in [0.4, 0.5) is 0 Å². The summed E-state index contributed by atoms with van der Waals surface area (Å²) in [7, 11) is 1.82. The van der Waals surface area contributed by atoms with Gasteiger partial charge >= 0.3 is 0 Å². The number of aromatic nitrogens is 1. The highest BCUT2D eigenvalue weighted by molar-refractivity contribution is 6.29. The molecule has 2 aromatic rings. The van der Waals surface area contributed by atoms with Gasteiger partial charge in [-0.3, -0.25) is 9.59 Å². The number of ketones is 1. The van der Waals surface area contributed by atoms with Crippen molar-refractivity contribution in [1.82, 2.24) is 9.88 Å². The number of carbonyl (C=O) groups excluding carboxylic acids is 2. The first-order valence-corrected chi connectivity index (χ1v) is 9.29. The van der Waals surface area contributed by atoms with Gasteiger partial charge in [0, 0.05) is 24.7 Å². The number of fused-ring (bicyclic) bond motifs is 2. The standard InChI is InChI=1S/C21H21ClN2O2/c1-12-10-17(22)23-16-6-8-21(2,19(25)18(12)16)14-5-4-13-7-9-24(3)20(26)15(13)11-14/h4-5,10-11H,6-9H2,1-3H3. The highest BCUT2D eigenvalue weighted by atomic mass is 35.5. The van der Waals surface area contributed by atoms with E-state index in [1.807, 2.05) is 39.1 Å². The third-order valence-electron chi connectivity index (χ3n) is 5.89. The third kappa shape index (κ3) is 2.47. The lowest BCUT2D eigenvalue weighted by atomic mass is 9.67. The smallest absolute Gasteiger partial charge is 0.253 e. The predicted octanol–water partition coefficient (Wildman–Crippen LogP) is 3.76. The molecule has 0 bridgehead atoms. The maximum absolute atomic E-state index is 13.4. The summed E-state index contributed by atoms with van der Waals surface area (Å²) in [5.74, 6) is 0.0990. The van der Waals surface area contributed by atoms with Gasteiger partial charge in [0.2, 0.25) is 0 Å². The van der Waals surface area contributed by atoms with Gasteiger partial charge in [-0.15, -0.1) is 0 Å². The van der Waals surface area contributed by atoms with E-state index in [9.17, 15) is 9.59 Å². The van der Waals surface area contributed by atoms with E-state index in [4.69, 9.17) is 11.6 Å². The number of aryl methyl sites for hydroxylation is 2. The summed E-state index contributed by atoms with van der Waals surface area (Å²) in [5, 5.41) is 0.431. The van der Waals surface area contributed by atoms with Gasteiger partial charge in [-0.1, -0.05) is 23.7 Å². The topological polar surface area (TPSA) is 50.3 Å². The van der Waals surface area contributed by atoms with Crippen molar-refractivity contribution in [3.8, 4) is 0 Å². The minimum absolute atomic E-state index is 0.0324. The molecule has 2 aliphatic rings. The summed E-state index contributed by atoms with van der Waals surface area (Å²) in [5.41, 5.74) is 4.37. The fourth-order valence-corrected chi connectivity index (χ4v) is 4.42. The number of nitrogens with zero attached hydrogens (tertiary/aromatic N) is 2. The van der Waals surface area contributed by atoms with Crippen LogP contribution in [0.15, 0.2) is 24.3 Å². The number of rotatable bonds is 1. The van der Waals surface area contributed by atoms with Crippen LogP contribution in [0.2, 0.25) is 5.15 Å². The van der Waals surface area contributed by atoms with Crippen LogP contribution in [0.1, 0.15) is 56.4 Å². The van der Waals surface area contributed by atoms with Crippen molar-refractivity contribution in [2.24, 2.45) is 0 Å². The summed E-state index contributed by atoms with van der Waals surface area (Å²) in [4.78, 5) is 32.0. The Bertz CT molecular complexity index is 953. The van der Waals surface area contributed by atoms with Crippen molar-refractivity contribution in [3.63, 3.8) is 0 Å². The second-order valence-electron chi connectivity index (χ2n) is 7.59. The van der Waals surface area contributed by atoms with E-state index in [0.717, 1.165) is 40.9 Å². The van der Waals surface area contributed by atoms with Crippen LogP contribution >= 0.6 is 11.6 Å². The van der Waals surface area contributed by atoms with Crippen molar-refractivity contribution in [2.45, 2.75) is 38.5 Å². The Kier molecular flexibility index (Phi) is 3.92. The lowest BCUT2D eigenvalue weighted by Crippen LogP contribution is -2.39. The number of halogens is 1. The zero-order valence-electron chi connectivity index (χ0n) is 15.2. The van der Waals surface area contributed by atoms with Gasteiger partial charge in [-0.25, -0.2) is 4.98 Å². The Balaban J connectivity index is 1.81. The molecule has 1 aromatic heterocycles. The highest BCUT2D eigenvalue weighted by Gasteiger charge is 2.42. The molecule has 4 rings (SSSR count). The molecule has 2 heterocycles. The monoisotopic (exact) mass is 368 g/mol. The van der Waals surface area contributed by atoms with Gasteiger partial charge < -0.3 is 4.90 Å². The predicted molar refractivity (Wildman–Crippen MR) is 101 cm³/mol. The molecule has 1 amide bonds. The maximum Gasteiger partial charge on any atom is 0.253 e. The second kappa shape index (κ2) is 5.92. The molecule has 0 saturated heterocycles. The molecule has 5 heteroatoms. The number of pyridine rings is 1. The fraction of sp³-hybridized carbons (Fsp3) is 0.381. The van der Waals surface area contributed by atoms with Crippen molar-refractivity contribution < 1.29 is 9.59 Å².